The molecule has 1 aromatic heterocycles. The van der Waals surface area contributed by atoms with Crippen LogP contribution in [0.2, 0.25) is 0 Å². The largest absolute Gasteiger partial charge is 0.274 e. The van der Waals surface area contributed by atoms with Gasteiger partial charge in [-0.1, -0.05) is 6.07 Å². The molecule has 1 amide bonds. The zero-order chi connectivity index (χ0) is 11.5. The number of carbonyl (C=O) groups is 1. The van der Waals surface area contributed by atoms with Gasteiger partial charge >= 0.3 is 0 Å². The van der Waals surface area contributed by atoms with Crippen LogP contribution in [0.25, 0.3) is 0 Å². The zero-order valence-corrected chi connectivity index (χ0v) is 10.7. The fourth-order valence-corrected chi connectivity index (χ4v) is 3.22. The second kappa shape index (κ2) is 4.99. The average Bonchev–Trinajstić information content (AvgIpc) is 2.96. The van der Waals surface area contributed by atoms with Gasteiger partial charge < -0.3 is 0 Å². The van der Waals surface area contributed by atoms with E-state index < -0.39 is 0 Å². The number of hydrogen-bond donors (Lipinski definition) is 0. The van der Waals surface area contributed by atoms with Crippen molar-refractivity contribution >= 4 is 34.0 Å². The van der Waals surface area contributed by atoms with Gasteiger partial charge in [0.1, 0.15) is 11.1 Å². The molecule has 1 aromatic rings. The normalized spacial score (nSPS) is 19.6. The smallest absolute Gasteiger partial charge is 0.271 e. The van der Waals surface area contributed by atoms with E-state index >= 15 is 0 Å². The van der Waals surface area contributed by atoms with Crippen LogP contribution in [0.5, 0.6) is 0 Å². The summed E-state index contributed by atoms with van der Waals surface area (Å²) < 4.78 is 0. The Morgan fingerprint density at radius 2 is 2.50 bits per heavy atom. The van der Waals surface area contributed by atoms with Gasteiger partial charge in [-0.2, -0.15) is 0 Å². The first-order chi connectivity index (χ1) is 7.72. The number of aliphatic imine (C=N–C) groups is 1. The van der Waals surface area contributed by atoms with Gasteiger partial charge in [0, 0.05) is 12.8 Å². The van der Waals surface area contributed by atoms with Crippen LogP contribution in [0, 0.1) is 0 Å². The van der Waals surface area contributed by atoms with Crippen LogP contribution in [0.3, 0.4) is 0 Å². The molecular formula is C10H12N2O2S2. The summed E-state index contributed by atoms with van der Waals surface area (Å²) in [7, 11) is 3.08. The summed E-state index contributed by atoms with van der Waals surface area (Å²) >= 11 is 3.26. The molecule has 0 unspecified atom stereocenters. The summed E-state index contributed by atoms with van der Waals surface area (Å²) in [5.41, 5.74) is 0. The Bertz CT molecular complexity index is 403. The third-order valence-corrected chi connectivity index (χ3v) is 4.34. The number of thioether (sulfide) groups is 1. The van der Waals surface area contributed by atoms with Crippen LogP contribution >= 0.6 is 23.1 Å². The average molecular weight is 256 g/mol. The summed E-state index contributed by atoms with van der Waals surface area (Å²) in [4.78, 5) is 22.2. The Hall–Kier alpha value is -0.850. The predicted molar refractivity (Wildman–Crippen MR) is 66.9 cm³/mol. The van der Waals surface area contributed by atoms with Crippen molar-refractivity contribution < 1.29 is 9.63 Å². The number of rotatable bonds is 3. The SMILES string of the molecule is CON(C)C(=O)[C@@H]1CSC(c2cccs2)=N1. The van der Waals surface area contributed by atoms with Crippen molar-refractivity contribution in [1.82, 2.24) is 5.06 Å². The molecule has 2 heterocycles. The highest BCUT2D eigenvalue weighted by molar-refractivity contribution is 8.15. The van der Waals surface area contributed by atoms with Crippen molar-refractivity contribution in [3.63, 3.8) is 0 Å². The van der Waals surface area contributed by atoms with Gasteiger partial charge in [0.15, 0.2) is 0 Å². The third-order valence-electron chi connectivity index (χ3n) is 2.25. The molecule has 6 heteroatoms. The molecule has 0 aliphatic carbocycles. The monoisotopic (exact) mass is 256 g/mol. The first kappa shape index (κ1) is 11.6. The molecule has 0 fully saturated rings. The Labute approximate surface area is 102 Å². The van der Waals surface area contributed by atoms with E-state index in [-0.39, 0.29) is 11.9 Å². The third kappa shape index (κ3) is 2.28. The fourth-order valence-electron chi connectivity index (χ4n) is 1.34. The number of amides is 1. The minimum Gasteiger partial charge on any atom is -0.274 e. The van der Waals surface area contributed by atoms with Crippen LogP contribution in [-0.2, 0) is 9.63 Å². The van der Waals surface area contributed by atoms with Gasteiger partial charge in [-0.25, -0.2) is 5.06 Å². The van der Waals surface area contributed by atoms with E-state index in [2.05, 4.69) is 4.99 Å². The van der Waals surface area contributed by atoms with Crippen molar-refractivity contribution in [2.24, 2.45) is 4.99 Å². The van der Waals surface area contributed by atoms with E-state index in [0.717, 1.165) is 9.92 Å². The maximum atomic E-state index is 11.8. The molecule has 1 aliphatic rings. The molecule has 16 heavy (non-hydrogen) atoms. The Kier molecular flexibility index (Phi) is 3.63. The topological polar surface area (TPSA) is 41.9 Å². The minimum atomic E-state index is -0.313. The Balaban J connectivity index is 2.09. The summed E-state index contributed by atoms with van der Waals surface area (Å²) in [6.45, 7) is 0. The molecule has 1 atom stereocenters. The lowest BCUT2D eigenvalue weighted by atomic mass is 10.3. The van der Waals surface area contributed by atoms with Crippen LogP contribution in [-0.4, -0.2) is 42.0 Å². The highest BCUT2D eigenvalue weighted by Gasteiger charge is 2.28. The molecule has 0 N–H and O–H groups in total. The molecule has 2 rings (SSSR count). The molecule has 4 nitrogen and oxygen atoms in total. The van der Waals surface area contributed by atoms with Crippen LogP contribution in [0.1, 0.15) is 4.88 Å². The fraction of sp³-hybridized carbons (Fsp3) is 0.400. The Morgan fingerprint density at radius 1 is 1.69 bits per heavy atom. The molecular weight excluding hydrogens is 244 g/mol. The number of nitrogens with zero attached hydrogens (tertiary/aromatic N) is 2. The number of carbonyl (C=O) groups excluding carboxylic acids is 1. The predicted octanol–water partition coefficient (Wildman–Crippen LogP) is 1.63. The van der Waals surface area contributed by atoms with E-state index in [0.29, 0.717) is 5.75 Å². The van der Waals surface area contributed by atoms with E-state index in [1.54, 1.807) is 30.1 Å². The van der Waals surface area contributed by atoms with Gasteiger partial charge in [-0.3, -0.25) is 14.6 Å². The first-order valence-corrected chi connectivity index (χ1v) is 6.65. The van der Waals surface area contributed by atoms with Crippen molar-refractivity contribution in [3.05, 3.63) is 22.4 Å². The second-order valence-corrected chi connectivity index (χ2v) is 5.21. The van der Waals surface area contributed by atoms with Gasteiger partial charge in [-0.05, 0) is 11.4 Å². The lowest BCUT2D eigenvalue weighted by Gasteiger charge is -2.15. The molecule has 0 spiro atoms. The van der Waals surface area contributed by atoms with Gasteiger partial charge in [0.05, 0.1) is 12.0 Å². The van der Waals surface area contributed by atoms with Crippen molar-refractivity contribution in [2.45, 2.75) is 6.04 Å². The van der Waals surface area contributed by atoms with E-state index in [9.17, 15) is 4.79 Å². The molecule has 0 aromatic carbocycles. The van der Waals surface area contributed by atoms with Crippen molar-refractivity contribution in [1.29, 1.82) is 0 Å². The van der Waals surface area contributed by atoms with Crippen LogP contribution in [0.4, 0.5) is 0 Å². The summed E-state index contributed by atoms with van der Waals surface area (Å²) in [6.07, 6.45) is 0. The van der Waals surface area contributed by atoms with Crippen LogP contribution < -0.4 is 0 Å². The highest BCUT2D eigenvalue weighted by atomic mass is 32.2. The van der Waals surface area contributed by atoms with Gasteiger partial charge in [0.2, 0.25) is 0 Å². The summed E-state index contributed by atoms with van der Waals surface area (Å²) in [5, 5.41) is 4.19. The van der Waals surface area contributed by atoms with E-state index in [1.165, 1.54) is 12.2 Å². The first-order valence-electron chi connectivity index (χ1n) is 4.78. The van der Waals surface area contributed by atoms with Crippen molar-refractivity contribution in [2.75, 3.05) is 19.9 Å². The number of hydrogen-bond acceptors (Lipinski definition) is 5. The second-order valence-electron chi connectivity index (χ2n) is 3.26. The van der Waals surface area contributed by atoms with Crippen LogP contribution in [0.15, 0.2) is 22.5 Å². The molecule has 1 aliphatic heterocycles. The quantitative estimate of drug-likeness (QED) is 0.772. The standard InChI is InChI=1S/C10H12N2O2S2/c1-12(14-2)10(13)7-6-16-9(11-7)8-4-3-5-15-8/h3-5,7H,6H2,1-2H3/t7-/m0/s1. The molecule has 0 saturated heterocycles. The van der Waals surface area contributed by atoms with E-state index in [1.807, 2.05) is 17.5 Å². The highest BCUT2D eigenvalue weighted by Crippen LogP contribution is 2.26. The lowest BCUT2D eigenvalue weighted by Crippen LogP contribution is -2.34. The van der Waals surface area contributed by atoms with Crippen molar-refractivity contribution in [3.8, 4) is 0 Å². The number of hydroxylamine groups is 2. The van der Waals surface area contributed by atoms with Gasteiger partial charge in [0.25, 0.3) is 5.91 Å². The molecule has 0 bridgehead atoms. The minimum absolute atomic E-state index is 0.0958. The zero-order valence-electron chi connectivity index (χ0n) is 9.04. The number of thiophene rings is 1. The molecule has 86 valence electrons. The Morgan fingerprint density at radius 3 is 3.12 bits per heavy atom. The number of likely N-dealkylation sites (N-methyl/N-ethyl adjacent to an activating group) is 1. The van der Waals surface area contributed by atoms with Gasteiger partial charge in [-0.15, -0.1) is 23.1 Å². The maximum Gasteiger partial charge on any atom is 0.271 e. The summed E-state index contributed by atoms with van der Waals surface area (Å²) in [6, 6.07) is 3.69. The van der Waals surface area contributed by atoms with E-state index in [4.69, 9.17) is 4.84 Å². The molecule has 0 saturated carbocycles. The maximum absolute atomic E-state index is 11.8. The molecule has 0 radical (unpaired) electrons. The lowest BCUT2D eigenvalue weighted by molar-refractivity contribution is -0.169. The summed E-state index contributed by atoms with van der Waals surface area (Å²) in [5.74, 6) is 0.598.